The number of aliphatic imine (C=N–C) groups is 1. The molecule has 0 atom stereocenters. The van der Waals surface area contributed by atoms with Gasteiger partial charge in [0.1, 0.15) is 0 Å². The standard InChI is InChI=1S/C19H27N5/c1-2-21-19(23-17-9-4-3-5-10-17)22-14-16-8-6-7-11-18(16)24-13-12-20-15-24/h6-8,11-13,15,17H,2-5,9-10,14H2,1H3,(H2,21,22,23). The zero-order chi connectivity index (χ0) is 16.6. The summed E-state index contributed by atoms with van der Waals surface area (Å²) in [6.45, 7) is 3.63. The van der Waals surface area contributed by atoms with E-state index in [0.29, 0.717) is 12.6 Å². The first-order valence-electron chi connectivity index (χ1n) is 8.98. The molecule has 0 unspecified atom stereocenters. The van der Waals surface area contributed by atoms with Crippen LogP contribution in [0.1, 0.15) is 44.6 Å². The van der Waals surface area contributed by atoms with E-state index in [-0.39, 0.29) is 0 Å². The van der Waals surface area contributed by atoms with E-state index in [1.165, 1.54) is 37.7 Å². The first kappa shape index (κ1) is 16.6. The third kappa shape index (κ3) is 4.37. The summed E-state index contributed by atoms with van der Waals surface area (Å²) in [4.78, 5) is 8.95. The largest absolute Gasteiger partial charge is 0.357 e. The highest BCUT2D eigenvalue weighted by Gasteiger charge is 2.14. The van der Waals surface area contributed by atoms with Gasteiger partial charge in [-0.1, -0.05) is 37.5 Å². The van der Waals surface area contributed by atoms with Crippen molar-refractivity contribution < 1.29 is 0 Å². The first-order valence-corrected chi connectivity index (χ1v) is 8.98. The van der Waals surface area contributed by atoms with Crippen molar-refractivity contribution in [1.29, 1.82) is 0 Å². The van der Waals surface area contributed by atoms with Gasteiger partial charge in [0.15, 0.2) is 5.96 Å². The van der Waals surface area contributed by atoms with E-state index >= 15 is 0 Å². The summed E-state index contributed by atoms with van der Waals surface area (Å²) in [6, 6.07) is 8.90. The van der Waals surface area contributed by atoms with Crippen LogP contribution in [0.3, 0.4) is 0 Å². The van der Waals surface area contributed by atoms with Crippen LogP contribution in [0.25, 0.3) is 5.69 Å². The lowest BCUT2D eigenvalue weighted by Gasteiger charge is -2.25. The summed E-state index contributed by atoms with van der Waals surface area (Å²) in [5.41, 5.74) is 2.32. The molecule has 1 aromatic heterocycles. The second-order valence-electron chi connectivity index (χ2n) is 6.27. The fraction of sp³-hybridized carbons (Fsp3) is 0.474. The van der Waals surface area contributed by atoms with Gasteiger partial charge >= 0.3 is 0 Å². The Bertz CT molecular complexity index is 642. The van der Waals surface area contributed by atoms with Gasteiger partial charge in [0, 0.05) is 25.0 Å². The van der Waals surface area contributed by atoms with Crippen LogP contribution in [-0.4, -0.2) is 28.1 Å². The van der Waals surface area contributed by atoms with Gasteiger partial charge in [0.25, 0.3) is 0 Å². The molecule has 2 aromatic rings. The number of imidazole rings is 1. The molecule has 5 nitrogen and oxygen atoms in total. The van der Waals surface area contributed by atoms with Gasteiger partial charge < -0.3 is 15.2 Å². The maximum atomic E-state index is 4.81. The second-order valence-corrected chi connectivity index (χ2v) is 6.27. The molecule has 5 heteroatoms. The lowest BCUT2D eigenvalue weighted by molar-refractivity contribution is 0.410. The minimum absolute atomic E-state index is 0.556. The summed E-state index contributed by atoms with van der Waals surface area (Å²) >= 11 is 0. The Morgan fingerprint density at radius 2 is 2.08 bits per heavy atom. The molecule has 2 N–H and O–H groups in total. The van der Waals surface area contributed by atoms with Gasteiger partial charge in [-0.25, -0.2) is 9.98 Å². The Balaban J connectivity index is 1.72. The fourth-order valence-electron chi connectivity index (χ4n) is 3.22. The van der Waals surface area contributed by atoms with Gasteiger partial charge in [-0.3, -0.25) is 0 Å². The van der Waals surface area contributed by atoms with E-state index in [1.54, 1.807) is 6.20 Å². The molecule has 0 saturated heterocycles. The highest BCUT2D eigenvalue weighted by atomic mass is 15.2. The van der Waals surface area contributed by atoms with E-state index in [9.17, 15) is 0 Å². The van der Waals surface area contributed by atoms with Gasteiger partial charge in [-0.2, -0.15) is 0 Å². The highest BCUT2D eigenvalue weighted by molar-refractivity contribution is 5.80. The second kappa shape index (κ2) is 8.52. The lowest BCUT2D eigenvalue weighted by Crippen LogP contribution is -2.44. The predicted octanol–water partition coefficient (Wildman–Crippen LogP) is 3.26. The monoisotopic (exact) mass is 325 g/mol. The Kier molecular flexibility index (Phi) is 5.88. The summed E-state index contributed by atoms with van der Waals surface area (Å²) in [5.74, 6) is 0.921. The van der Waals surface area contributed by atoms with Crippen LogP contribution in [0, 0.1) is 0 Å². The van der Waals surface area contributed by atoms with Gasteiger partial charge in [0.2, 0.25) is 0 Å². The summed E-state index contributed by atoms with van der Waals surface area (Å²) < 4.78 is 2.03. The van der Waals surface area contributed by atoms with E-state index in [2.05, 4.69) is 40.7 Å². The average molecular weight is 325 g/mol. The molecule has 1 heterocycles. The number of rotatable bonds is 5. The maximum absolute atomic E-state index is 4.81. The first-order chi connectivity index (χ1) is 11.9. The smallest absolute Gasteiger partial charge is 0.191 e. The maximum Gasteiger partial charge on any atom is 0.191 e. The lowest BCUT2D eigenvalue weighted by atomic mass is 9.96. The zero-order valence-corrected chi connectivity index (χ0v) is 14.4. The molecule has 3 rings (SSSR count). The van der Waals surface area contributed by atoms with Crippen LogP contribution in [0.2, 0.25) is 0 Å². The summed E-state index contributed by atoms with van der Waals surface area (Å²) in [5, 5.41) is 6.98. The number of hydrogen-bond donors (Lipinski definition) is 2. The molecule has 128 valence electrons. The minimum atomic E-state index is 0.556. The van der Waals surface area contributed by atoms with Crippen LogP contribution < -0.4 is 10.6 Å². The number of hydrogen-bond acceptors (Lipinski definition) is 2. The molecule has 0 bridgehead atoms. The molecule has 0 spiro atoms. The molecule has 1 aliphatic carbocycles. The Hall–Kier alpha value is -2.30. The van der Waals surface area contributed by atoms with Crippen molar-refractivity contribution in [2.75, 3.05) is 6.54 Å². The normalized spacial score (nSPS) is 16.1. The van der Waals surface area contributed by atoms with Crippen molar-refractivity contribution in [3.05, 3.63) is 48.5 Å². The Morgan fingerprint density at radius 3 is 2.83 bits per heavy atom. The molecule has 0 amide bonds. The molecule has 1 aliphatic rings. The van der Waals surface area contributed by atoms with Crippen molar-refractivity contribution in [3.8, 4) is 5.69 Å². The molecule has 0 aliphatic heterocycles. The average Bonchev–Trinajstić information content (AvgIpc) is 3.15. The van der Waals surface area contributed by atoms with E-state index in [0.717, 1.165) is 18.2 Å². The predicted molar refractivity (Wildman–Crippen MR) is 98.4 cm³/mol. The van der Waals surface area contributed by atoms with Crippen molar-refractivity contribution in [2.45, 2.75) is 51.6 Å². The van der Waals surface area contributed by atoms with Gasteiger partial charge in [-0.05, 0) is 31.4 Å². The van der Waals surface area contributed by atoms with Crippen LogP contribution in [0.4, 0.5) is 0 Å². The number of guanidine groups is 1. The SMILES string of the molecule is CCNC(=NCc1ccccc1-n1ccnc1)NC1CCCCC1. The summed E-state index contributed by atoms with van der Waals surface area (Å²) in [7, 11) is 0. The molecular weight excluding hydrogens is 298 g/mol. The number of nitrogens with zero attached hydrogens (tertiary/aromatic N) is 3. The van der Waals surface area contributed by atoms with Crippen molar-refractivity contribution in [1.82, 2.24) is 20.2 Å². The number of aromatic nitrogens is 2. The number of benzene rings is 1. The zero-order valence-electron chi connectivity index (χ0n) is 14.4. The van der Waals surface area contributed by atoms with Crippen molar-refractivity contribution in [3.63, 3.8) is 0 Å². The molecule has 0 radical (unpaired) electrons. The van der Waals surface area contributed by atoms with Crippen LogP contribution in [0.15, 0.2) is 48.0 Å². The van der Waals surface area contributed by atoms with Gasteiger partial charge in [0.05, 0.1) is 18.6 Å². The molecule has 24 heavy (non-hydrogen) atoms. The van der Waals surface area contributed by atoms with Crippen molar-refractivity contribution in [2.24, 2.45) is 4.99 Å². The van der Waals surface area contributed by atoms with Crippen LogP contribution in [0.5, 0.6) is 0 Å². The highest BCUT2D eigenvalue weighted by Crippen LogP contribution is 2.18. The molecule has 1 aromatic carbocycles. The quantitative estimate of drug-likeness (QED) is 0.655. The van der Waals surface area contributed by atoms with E-state index in [4.69, 9.17) is 4.99 Å². The van der Waals surface area contributed by atoms with E-state index in [1.807, 2.05) is 23.2 Å². The third-order valence-corrected chi connectivity index (χ3v) is 4.47. The summed E-state index contributed by atoms with van der Waals surface area (Å²) in [6.07, 6.45) is 12.1. The van der Waals surface area contributed by atoms with Crippen LogP contribution in [-0.2, 0) is 6.54 Å². The topological polar surface area (TPSA) is 54.2 Å². The molecule has 1 fully saturated rings. The van der Waals surface area contributed by atoms with Gasteiger partial charge in [-0.15, -0.1) is 0 Å². The third-order valence-electron chi connectivity index (χ3n) is 4.47. The molecule has 1 saturated carbocycles. The Morgan fingerprint density at radius 1 is 1.25 bits per heavy atom. The number of nitrogens with one attached hydrogen (secondary N) is 2. The number of para-hydroxylation sites is 1. The Labute approximate surface area is 144 Å². The minimum Gasteiger partial charge on any atom is -0.357 e. The van der Waals surface area contributed by atoms with Crippen molar-refractivity contribution >= 4 is 5.96 Å². The fourth-order valence-corrected chi connectivity index (χ4v) is 3.22. The van der Waals surface area contributed by atoms with E-state index < -0.39 is 0 Å². The molecular formula is C19H27N5. The van der Waals surface area contributed by atoms with Crippen LogP contribution >= 0.6 is 0 Å².